The molecule has 5 heteroatoms. The van der Waals surface area contributed by atoms with Gasteiger partial charge >= 0.3 is 6.03 Å². The molecule has 0 atom stereocenters. The molecule has 0 aromatic heterocycles. The van der Waals surface area contributed by atoms with Crippen LogP contribution in [0.5, 0.6) is 0 Å². The maximum absolute atomic E-state index is 12.9. The Bertz CT molecular complexity index is 814. The molecule has 0 unspecified atom stereocenters. The second-order valence-electron chi connectivity index (χ2n) is 7.50. The van der Waals surface area contributed by atoms with Gasteiger partial charge in [-0.2, -0.15) is 0 Å². The fourth-order valence-corrected chi connectivity index (χ4v) is 4.29. The second kappa shape index (κ2) is 8.82. The van der Waals surface area contributed by atoms with Gasteiger partial charge in [-0.05, 0) is 67.7 Å². The molecule has 28 heavy (non-hydrogen) atoms. The molecule has 2 aliphatic rings. The zero-order valence-corrected chi connectivity index (χ0v) is 17.6. The van der Waals surface area contributed by atoms with Crippen molar-refractivity contribution in [1.29, 1.82) is 0 Å². The lowest BCUT2D eigenvalue weighted by Crippen LogP contribution is -2.45. The van der Waals surface area contributed by atoms with Gasteiger partial charge in [0.15, 0.2) is 0 Å². The fourth-order valence-electron chi connectivity index (χ4n) is 4.02. The highest BCUT2D eigenvalue weighted by Gasteiger charge is 2.25. The minimum atomic E-state index is 0.0843. The number of hydrogen-bond acceptors (Lipinski definition) is 2. The summed E-state index contributed by atoms with van der Waals surface area (Å²) >= 11 is 3.50. The zero-order valence-electron chi connectivity index (χ0n) is 16.0. The zero-order chi connectivity index (χ0) is 19.3. The molecule has 4 nitrogen and oxygen atoms in total. The normalized spacial score (nSPS) is 18.0. The molecule has 2 aromatic carbocycles. The molecule has 2 heterocycles. The third-order valence-electron chi connectivity index (χ3n) is 5.70. The highest BCUT2D eigenvalue weighted by Crippen LogP contribution is 2.27. The van der Waals surface area contributed by atoms with Crippen LogP contribution in [0, 0.1) is 5.92 Å². The number of carbonyl (C=O) groups is 1. The minimum Gasteiger partial charge on any atom is -0.372 e. The van der Waals surface area contributed by atoms with Gasteiger partial charge in [-0.3, -0.25) is 4.90 Å². The van der Waals surface area contributed by atoms with E-state index >= 15 is 0 Å². The average molecular weight is 440 g/mol. The lowest BCUT2D eigenvalue weighted by molar-refractivity contribution is 0.215. The Balaban J connectivity index is 1.28. The predicted octanol–water partition coefficient (Wildman–Crippen LogP) is 5.51. The Morgan fingerprint density at radius 2 is 1.64 bits per heavy atom. The molecular weight excluding hydrogens is 414 g/mol. The molecule has 0 N–H and O–H groups in total. The summed E-state index contributed by atoms with van der Waals surface area (Å²) in [6.45, 7) is 3.62. The lowest BCUT2D eigenvalue weighted by atomic mass is 9.93. The number of nitrogens with zero attached hydrogens (tertiary/aromatic N) is 3. The number of halogens is 1. The van der Waals surface area contributed by atoms with Crippen molar-refractivity contribution in [3.8, 4) is 0 Å². The van der Waals surface area contributed by atoms with Gasteiger partial charge < -0.3 is 9.80 Å². The van der Waals surface area contributed by atoms with Gasteiger partial charge in [-0.1, -0.05) is 34.1 Å². The molecule has 2 aromatic rings. The number of rotatable bonds is 5. The van der Waals surface area contributed by atoms with E-state index in [2.05, 4.69) is 51.2 Å². The van der Waals surface area contributed by atoms with E-state index in [-0.39, 0.29) is 6.03 Å². The third kappa shape index (κ3) is 4.41. The van der Waals surface area contributed by atoms with E-state index in [4.69, 9.17) is 0 Å². The first-order chi connectivity index (χ1) is 13.7. The van der Waals surface area contributed by atoms with Crippen LogP contribution < -0.4 is 9.80 Å². The molecule has 0 spiro atoms. The van der Waals surface area contributed by atoms with E-state index < -0.39 is 0 Å². The topological polar surface area (TPSA) is 26.8 Å². The molecule has 0 aliphatic carbocycles. The van der Waals surface area contributed by atoms with E-state index in [1.807, 2.05) is 46.3 Å². The van der Waals surface area contributed by atoms with Crippen LogP contribution in [-0.2, 0) is 0 Å². The molecule has 2 aliphatic heterocycles. The van der Waals surface area contributed by atoms with E-state index in [0.29, 0.717) is 12.5 Å². The SMILES string of the molecule is O=C1N(CCC2CCN(c3ccc(Br)cc3)CC2)C=CCN1c1ccccc1. The summed E-state index contributed by atoms with van der Waals surface area (Å²) in [5.74, 6) is 0.681. The van der Waals surface area contributed by atoms with Crippen LogP contribution in [0.3, 0.4) is 0 Å². The highest BCUT2D eigenvalue weighted by atomic mass is 79.9. The van der Waals surface area contributed by atoms with Gasteiger partial charge in [0.2, 0.25) is 0 Å². The van der Waals surface area contributed by atoms with Gasteiger partial charge in [0, 0.05) is 48.2 Å². The van der Waals surface area contributed by atoms with Crippen LogP contribution in [0.1, 0.15) is 19.3 Å². The first kappa shape index (κ1) is 19.1. The van der Waals surface area contributed by atoms with Crippen molar-refractivity contribution >= 4 is 33.3 Å². The summed E-state index contributed by atoms with van der Waals surface area (Å²) < 4.78 is 1.12. The largest absolute Gasteiger partial charge is 0.372 e. The van der Waals surface area contributed by atoms with Gasteiger partial charge in [-0.25, -0.2) is 4.79 Å². The van der Waals surface area contributed by atoms with Gasteiger partial charge in [0.05, 0.1) is 0 Å². The van der Waals surface area contributed by atoms with Crippen molar-refractivity contribution in [2.45, 2.75) is 19.3 Å². The number of para-hydroxylation sites is 1. The Kier molecular flexibility index (Phi) is 6.01. The van der Waals surface area contributed by atoms with E-state index in [9.17, 15) is 4.79 Å². The average Bonchev–Trinajstić information content (AvgIpc) is 2.75. The van der Waals surface area contributed by atoms with Crippen molar-refractivity contribution < 1.29 is 4.79 Å². The number of amides is 2. The quantitative estimate of drug-likeness (QED) is 0.613. The maximum atomic E-state index is 12.9. The van der Waals surface area contributed by atoms with Crippen molar-refractivity contribution in [2.24, 2.45) is 5.92 Å². The summed E-state index contributed by atoms with van der Waals surface area (Å²) in [7, 11) is 0. The number of hydrogen-bond donors (Lipinski definition) is 0. The van der Waals surface area contributed by atoms with Gasteiger partial charge in [-0.15, -0.1) is 0 Å². The number of benzene rings is 2. The second-order valence-corrected chi connectivity index (χ2v) is 8.42. The predicted molar refractivity (Wildman–Crippen MR) is 119 cm³/mol. The molecule has 0 bridgehead atoms. The smallest absolute Gasteiger partial charge is 0.328 e. The van der Waals surface area contributed by atoms with E-state index in [1.165, 1.54) is 18.5 Å². The monoisotopic (exact) mass is 439 g/mol. The van der Waals surface area contributed by atoms with E-state index in [1.54, 1.807) is 0 Å². The Morgan fingerprint density at radius 1 is 0.929 bits per heavy atom. The molecular formula is C23H26BrN3O. The molecule has 1 fully saturated rings. The van der Waals surface area contributed by atoms with Crippen molar-refractivity contribution in [2.75, 3.05) is 36.0 Å². The first-order valence-corrected chi connectivity index (χ1v) is 10.8. The van der Waals surface area contributed by atoms with Crippen LogP contribution in [-0.4, -0.2) is 37.1 Å². The minimum absolute atomic E-state index is 0.0843. The lowest BCUT2D eigenvalue weighted by Gasteiger charge is -2.35. The molecule has 0 radical (unpaired) electrons. The van der Waals surface area contributed by atoms with Gasteiger partial charge in [0.25, 0.3) is 0 Å². The Labute approximate surface area is 175 Å². The number of urea groups is 1. The molecule has 2 amide bonds. The molecule has 4 rings (SSSR count). The van der Waals surface area contributed by atoms with Crippen LogP contribution in [0.4, 0.5) is 16.2 Å². The van der Waals surface area contributed by atoms with Crippen molar-refractivity contribution in [3.05, 3.63) is 71.3 Å². The van der Waals surface area contributed by atoms with Crippen molar-refractivity contribution in [1.82, 2.24) is 4.90 Å². The maximum Gasteiger partial charge on any atom is 0.328 e. The molecule has 1 saturated heterocycles. The van der Waals surface area contributed by atoms with Crippen LogP contribution >= 0.6 is 15.9 Å². The highest BCUT2D eigenvalue weighted by molar-refractivity contribution is 9.10. The summed E-state index contributed by atoms with van der Waals surface area (Å²) in [5.41, 5.74) is 2.26. The fraction of sp³-hybridized carbons (Fsp3) is 0.348. The Hall–Kier alpha value is -2.27. The van der Waals surface area contributed by atoms with Crippen molar-refractivity contribution in [3.63, 3.8) is 0 Å². The van der Waals surface area contributed by atoms with Gasteiger partial charge in [0.1, 0.15) is 0 Å². The summed E-state index contributed by atoms with van der Waals surface area (Å²) in [4.78, 5) is 19.0. The molecule has 146 valence electrons. The number of carbonyl (C=O) groups excluding carboxylic acids is 1. The first-order valence-electron chi connectivity index (χ1n) is 10.0. The number of anilines is 2. The number of piperidine rings is 1. The van der Waals surface area contributed by atoms with Crippen LogP contribution in [0.2, 0.25) is 0 Å². The summed E-state index contributed by atoms with van der Waals surface area (Å²) in [6, 6.07) is 18.6. The third-order valence-corrected chi connectivity index (χ3v) is 6.23. The van der Waals surface area contributed by atoms with Crippen LogP contribution in [0.15, 0.2) is 71.3 Å². The Morgan fingerprint density at radius 3 is 2.36 bits per heavy atom. The summed E-state index contributed by atoms with van der Waals surface area (Å²) in [6.07, 6.45) is 7.46. The summed E-state index contributed by atoms with van der Waals surface area (Å²) in [5, 5.41) is 0. The molecule has 0 saturated carbocycles. The van der Waals surface area contributed by atoms with Crippen LogP contribution in [0.25, 0.3) is 0 Å². The standard InChI is InChI=1S/C23H26BrN3O/c24-20-7-9-21(10-8-20)25-16-11-19(12-17-25)13-18-26-14-4-15-27(23(26)28)22-5-2-1-3-6-22/h1-10,14,19H,11-13,15-18H2. The van der Waals surface area contributed by atoms with E-state index in [0.717, 1.165) is 36.2 Å².